The molecule has 3 aromatic rings. The van der Waals surface area contributed by atoms with Gasteiger partial charge in [0, 0.05) is 11.4 Å². The highest BCUT2D eigenvalue weighted by Gasteiger charge is 2.13. The summed E-state index contributed by atoms with van der Waals surface area (Å²) in [7, 11) is 3.28. The van der Waals surface area contributed by atoms with E-state index in [9.17, 15) is 0 Å². The second-order valence-corrected chi connectivity index (χ2v) is 6.83. The van der Waals surface area contributed by atoms with Gasteiger partial charge in [-0.2, -0.15) is 0 Å². The molecule has 3 rings (SSSR count). The molecule has 0 aliphatic carbocycles. The van der Waals surface area contributed by atoms with Gasteiger partial charge in [-0.15, -0.1) is 11.3 Å². The number of ether oxygens (including phenoxy) is 2. The molecule has 2 heterocycles. The first-order valence-corrected chi connectivity index (χ1v) is 8.54. The monoisotopic (exact) mass is 343 g/mol. The summed E-state index contributed by atoms with van der Waals surface area (Å²) in [5.74, 6) is 3.11. The van der Waals surface area contributed by atoms with Crippen molar-refractivity contribution < 1.29 is 9.47 Å². The van der Waals surface area contributed by atoms with Gasteiger partial charge in [0.1, 0.15) is 16.5 Å². The molecular weight excluding hydrogens is 322 g/mol. The van der Waals surface area contributed by atoms with Crippen LogP contribution in [-0.4, -0.2) is 24.2 Å². The minimum atomic E-state index is 0.653. The van der Waals surface area contributed by atoms with Gasteiger partial charge in [-0.1, -0.05) is 6.07 Å². The number of hydrogen-bond donors (Lipinski definition) is 1. The minimum absolute atomic E-state index is 0.653. The Balaban J connectivity index is 1.91. The first-order chi connectivity index (χ1) is 11.5. The van der Waals surface area contributed by atoms with Gasteiger partial charge >= 0.3 is 0 Å². The van der Waals surface area contributed by atoms with Crippen LogP contribution in [0.5, 0.6) is 11.5 Å². The Morgan fingerprint density at radius 2 is 1.79 bits per heavy atom. The summed E-state index contributed by atoms with van der Waals surface area (Å²) < 4.78 is 10.6. The number of methoxy groups -OCH3 is 2. The molecule has 0 atom stereocenters. The molecule has 0 saturated heterocycles. The summed E-state index contributed by atoms with van der Waals surface area (Å²) in [6.45, 7) is 6.81. The lowest BCUT2D eigenvalue weighted by Gasteiger charge is -2.11. The van der Waals surface area contributed by atoms with Crippen molar-refractivity contribution in [3.05, 3.63) is 40.0 Å². The van der Waals surface area contributed by atoms with Crippen molar-refractivity contribution in [2.24, 2.45) is 0 Å². The SMILES string of the molecule is COc1ccc(CNc2nc(C)nc3sc(C)c(C)c23)cc1OC. The highest BCUT2D eigenvalue weighted by Crippen LogP contribution is 2.33. The van der Waals surface area contributed by atoms with Crippen molar-refractivity contribution in [1.29, 1.82) is 0 Å². The molecule has 2 aromatic heterocycles. The number of anilines is 1. The second kappa shape index (κ2) is 6.65. The maximum Gasteiger partial charge on any atom is 0.161 e. The Kier molecular flexibility index (Phi) is 4.57. The van der Waals surface area contributed by atoms with Crippen LogP contribution in [0.4, 0.5) is 5.82 Å². The van der Waals surface area contributed by atoms with E-state index in [1.807, 2.05) is 25.1 Å². The number of rotatable bonds is 5. The highest BCUT2D eigenvalue weighted by atomic mass is 32.1. The van der Waals surface area contributed by atoms with E-state index in [0.29, 0.717) is 6.54 Å². The smallest absolute Gasteiger partial charge is 0.161 e. The van der Waals surface area contributed by atoms with Gasteiger partial charge in [-0.3, -0.25) is 0 Å². The number of aromatic nitrogens is 2. The summed E-state index contributed by atoms with van der Waals surface area (Å²) >= 11 is 1.71. The third-order valence-corrected chi connectivity index (χ3v) is 5.15. The number of nitrogens with one attached hydrogen (secondary N) is 1. The Morgan fingerprint density at radius 1 is 1.04 bits per heavy atom. The zero-order valence-electron chi connectivity index (χ0n) is 14.6. The van der Waals surface area contributed by atoms with E-state index in [1.54, 1.807) is 25.6 Å². The van der Waals surface area contributed by atoms with Crippen LogP contribution in [0.15, 0.2) is 18.2 Å². The maximum absolute atomic E-state index is 5.36. The molecule has 5 nitrogen and oxygen atoms in total. The van der Waals surface area contributed by atoms with Gasteiger partial charge in [-0.25, -0.2) is 9.97 Å². The fourth-order valence-electron chi connectivity index (χ4n) is 2.66. The van der Waals surface area contributed by atoms with E-state index < -0.39 is 0 Å². The van der Waals surface area contributed by atoms with Crippen LogP contribution < -0.4 is 14.8 Å². The van der Waals surface area contributed by atoms with E-state index in [4.69, 9.17) is 9.47 Å². The Hall–Kier alpha value is -2.34. The average molecular weight is 343 g/mol. The summed E-state index contributed by atoms with van der Waals surface area (Å²) in [5.41, 5.74) is 2.34. The minimum Gasteiger partial charge on any atom is -0.493 e. The van der Waals surface area contributed by atoms with Crippen molar-refractivity contribution in [2.45, 2.75) is 27.3 Å². The number of nitrogens with zero attached hydrogens (tertiary/aromatic N) is 2. The largest absolute Gasteiger partial charge is 0.493 e. The van der Waals surface area contributed by atoms with Crippen molar-refractivity contribution in [3.63, 3.8) is 0 Å². The van der Waals surface area contributed by atoms with E-state index in [-0.39, 0.29) is 0 Å². The normalized spacial score (nSPS) is 10.9. The number of thiophene rings is 1. The van der Waals surface area contributed by atoms with E-state index in [2.05, 4.69) is 29.1 Å². The molecule has 0 unspecified atom stereocenters. The third-order valence-electron chi connectivity index (χ3n) is 4.05. The molecule has 0 saturated carbocycles. The molecule has 0 radical (unpaired) electrons. The third kappa shape index (κ3) is 3.01. The van der Waals surface area contributed by atoms with Crippen molar-refractivity contribution in [1.82, 2.24) is 9.97 Å². The van der Waals surface area contributed by atoms with Crippen LogP contribution in [0.2, 0.25) is 0 Å². The standard InChI is InChI=1S/C18H21N3O2S/c1-10-11(2)24-18-16(10)17(20-12(3)21-18)19-9-13-6-7-14(22-4)15(8-13)23-5/h6-8H,9H2,1-5H3,(H,19,20,21). The second-order valence-electron chi connectivity index (χ2n) is 5.63. The molecule has 0 bridgehead atoms. The van der Waals surface area contributed by atoms with Gasteiger partial charge in [0.15, 0.2) is 11.5 Å². The van der Waals surface area contributed by atoms with Gasteiger partial charge in [-0.05, 0) is 44.0 Å². The Labute approximate surface area is 145 Å². The molecule has 0 amide bonds. The fraction of sp³-hybridized carbons (Fsp3) is 0.333. The number of aryl methyl sites for hydroxylation is 3. The number of hydrogen-bond acceptors (Lipinski definition) is 6. The van der Waals surface area contributed by atoms with Crippen LogP contribution in [-0.2, 0) is 6.54 Å². The van der Waals surface area contributed by atoms with Gasteiger partial charge in [0.25, 0.3) is 0 Å². The highest BCUT2D eigenvalue weighted by molar-refractivity contribution is 7.18. The summed E-state index contributed by atoms with van der Waals surface area (Å²) in [6.07, 6.45) is 0. The molecule has 1 aromatic carbocycles. The molecular formula is C18H21N3O2S. The molecule has 24 heavy (non-hydrogen) atoms. The lowest BCUT2D eigenvalue weighted by atomic mass is 10.2. The van der Waals surface area contributed by atoms with E-state index >= 15 is 0 Å². The molecule has 0 aliphatic rings. The number of fused-ring (bicyclic) bond motifs is 1. The van der Waals surface area contributed by atoms with Gasteiger partial charge in [0.2, 0.25) is 0 Å². The first kappa shape index (κ1) is 16.5. The molecule has 126 valence electrons. The fourth-order valence-corrected chi connectivity index (χ4v) is 3.74. The van der Waals surface area contributed by atoms with Crippen LogP contribution in [0.25, 0.3) is 10.2 Å². The Bertz CT molecular complexity index is 890. The molecule has 6 heteroatoms. The zero-order chi connectivity index (χ0) is 17.3. The quantitative estimate of drug-likeness (QED) is 0.751. The van der Waals surface area contributed by atoms with Crippen molar-refractivity contribution in [2.75, 3.05) is 19.5 Å². The van der Waals surface area contributed by atoms with E-state index in [1.165, 1.54) is 10.4 Å². The number of benzene rings is 1. The van der Waals surface area contributed by atoms with Crippen LogP contribution >= 0.6 is 11.3 Å². The zero-order valence-corrected chi connectivity index (χ0v) is 15.4. The van der Waals surface area contributed by atoms with E-state index in [0.717, 1.165) is 38.9 Å². The molecule has 1 N–H and O–H groups in total. The summed E-state index contributed by atoms with van der Waals surface area (Å²) in [4.78, 5) is 11.5. The van der Waals surface area contributed by atoms with Gasteiger partial charge < -0.3 is 14.8 Å². The predicted molar refractivity (Wildman–Crippen MR) is 98.5 cm³/mol. The average Bonchev–Trinajstić information content (AvgIpc) is 2.86. The van der Waals surface area contributed by atoms with Crippen LogP contribution in [0.1, 0.15) is 21.8 Å². The maximum atomic E-state index is 5.36. The summed E-state index contributed by atoms with van der Waals surface area (Å²) in [6, 6.07) is 5.91. The van der Waals surface area contributed by atoms with Crippen LogP contribution in [0, 0.1) is 20.8 Å². The van der Waals surface area contributed by atoms with Crippen LogP contribution in [0.3, 0.4) is 0 Å². The topological polar surface area (TPSA) is 56.3 Å². The van der Waals surface area contributed by atoms with Crippen molar-refractivity contribution in [3.8, 4) is 11.5 Å². The molecule has 0 aliphatic heterocycles. The van der Waals surface area contributed by atoms with Gasteiger partial charge in [0.05, 0.1) is 19.6 Å². The molecule has 0 spiro atoms. The lowest BCUT2D eigenvalue weighted by molar-refractivity contribution is 0.354. The molecule has 0 fully saturated rings. The lowest BCUT2D eigenvalue weighted by Crippen LogP contribution is -2.04. The first-order valence-electron chi connectivity index (χ1n) is 7.72. The summed E-state index contributed by atoms with van der Waals surface area (Å²) in [5, 5.41) is 4.56. The van der Waals surface area contributed by atoms with Crippen molar-refractivity contribution >= 4 is 27.4 Å². The Morgan fingerprint density at radius 3 is 2.50 bits per heavy atom. The predicted octanol–water partition coefficient (Wildman–Crippen LogP) is 4.25.